The van der Waals surface area contributed by atoms with Gasteiger partial charge in [0.1, 0.15) is 5.82 Å². The molecule has 1 aromatic rings. The number of nitrogens with one attached hydrogen (secondary N) is 1. The van der Waals surface area contributed by atoms with Crippen LogP contribution in [-0.2, 0) is 4.74 Å². The Morgan fingerprint density at radius 1 is 1.33 bits per heavy atom. The molecule has 3 heterocycles. The summed E-state index contributed by atoms with van der Waals surface area (Å²) in [5.74, 6) is 1.55. The van der Waals surface area contributed by atoms with Crippen molar-refractivity contribution in [1.82, 2.24) is 14.9 Å². The molecule has 0 spiro atoms. The van der Waals surface area contributed by atoms with Gasteiger partial charge in [-0.15, -0.1) is 0 Å². The molecule has 116 valence electrons. The van der Waals surface area contributed by atoms with E-state index in [0.717, 1.165) is 50.7 Å². The van der Waals surface area contributed by atoms with Gasteiger partial charge in [0.15, 0.2) is 0 Å². The number of nitrogens with two attached hydrogens (primary N) is 1. The third kappa shape index (κ3) is 4.04. The Bertz CT molecular complexity index is 455. The number of likely N-dealkylation sites (tertiary alicyclic amines) is 1. The third-order valence-electron chi connectivity index (χ3n) is 4.27. The van der Waals surface area contributed by atoms with E-state index in [1.807, 2.05) is 6.07 Å². The van der Waals surface area contributed by atoms with Gasteiger partial charge in [0.05, 0.1) is 12.3 Å². The van der Waals surface area contributed by atoms with Crippen LogP contribution in [0.5, 0.6) is 0 Å². The maximum atomic E-state index is 5.82. The summed E-state index contributed by atoms with van der Waals surface area (Å²) in [5.41, 5.74) is 6.82. The molecule has 0 saturated carbocycles. The highest BCUT2D eigenvalue weighted by Gasteiger charge is 2.20. The summed E-state index contributed by atoms with van der Waals surface area (Å²) in [7, 11) is 0. The first-order chi connectivity index (χ1) is 10.3. The van der Waals surface area contributed by atoms with Gasteiger partial charge in [-0.25, -0.2) is 4.98 Å². The van der Waals surface area contributed by atoms with Crippen LogP contribution >= 0.6 is 0 Å². The van der Waals surface area contributed by atoms with Crippen molar-refractivity contribution in [3.8, 4) is 0 Å². The molecule has 2 aliphatic rings. The van der Waals surface area contributed by atoms with E-state index in [1.54, 1.807) is 0 Å². The van der Waals surface area contributed by atoms with Crippen LogP contribution in [0.4, 0.5) is 11.8 Å². The molecular formula is C15H25N5O. The number of hydrogen-bond donors (Lipinski definition) is 2. The van der Waals surface area contributed by atoms with Gasteiger partial charge in [-0.2, -0.15) is 4.98 Å². The number of ether oxygens (including phenoxy) is 1. The average molecular weight is 291 g/mol. The summed E-state index contributed by atoms with van der Waals surface area (Å²) in [6, 6.07) is 2.02. The first-order valence-electron chi connectivity index (χ1n) is 8.00. The van der Waals surface area contributed by atoms with Gasteiger partial charge in [0, 0.05) is 25.1 Å². The normalized spacial score (nSPS) is 22.8. The quantitative estimate of drug-likeness (QED) is 0.773. The van der Waals surface area contributed by atoms with Gasteiger partial charge in [0.2, 0.25) is 5.95 Å². The Kier molecular flexibility index (Phi) is 4.87. The van der Waals surface area contributed by atoms with Crippen molar-refractivity contribution >= 4 is 11.8 Å². The largest absolute Gasteiger partial charge is 0.381 e. The lowest BCUT2D eigenvalue weighted by Crippen LogP contribution is -2.22. The van der Waals surface area contributed by atoms with Crippen molar-refractivity contribution < 1.29 is 4.74 Å². The molecule has 6 heteroatoms. The molecule has 3 rings (SSSR count). The van der Waals surface area contributed by atoms with Crippen LogP contribution in [-0.4, -0.2) is 54.3 Å². The highest BCUT2D eigenvalue weighted by atomic mass is 16.5. The summed E-state index contributed by atoms with van der Waals surface area (Å²) in [6.07, 6.45) is 4.85. The second-order valence-electron chi connectivity index (χ2n) is 5.93. The van der Waals surface area contributed by atoms with E-state index in [0.29, 0.717) is 11.9 Å². The summed E-state index contributed by atoms with van der Waals surface area (Å²) in [5, 5.41) is 3.37. The molecule has 0 aliphatic carbocycles. The van der Waals surface area contributed by atoms with Crippen molar-refractivity contribution in [3.63, 3.8) is 0 Å². The van der Waals surface area contributed by atoms with Crippen molar-refractivity contribution in [2.45, 2.75) is 31.6 Å². The minimum Gasteiger partial charge on any atom is -0.381 e. The summed E-state index contributed by atoms with van der Waals surface area (Å²) in [4.78, 5) is 11.1. The van der Waals surface area contributed by atoms with Crippen LogP contribution in [0.3, 0.4) is 0 Å². The van der Waals surface area contributed by atoms with E-state index in [9.17, 15) is 0 Å². The molecule has 1 unspecified atom stereocenters. The summed E-state index contributed by atoms with van der Waals surface area (Å²) in [6.45, 7) is 6.15. The molecule has 2 saturated heterocycles. The molecule has 0 bridgehead atoms. The van der Waals surface area contributed by atoms with Gasteiger partial charge in [-0.3, -0.25) is 0 Å². The van der Waals surface area contributed by atoms with Crippen LogP contribution in [0.25, 0.3) is 0 Å². The Balaban J connectivity index is 1.49. The van der Waals surface area contributed by atoms with Crippen molar-refractivity contribution in [2.24, 2.45) is 0 Å². The minimum atomic E-state index is 0.349. The number of nitrogens with zero attached hydrogens (tertiary/aromatic N) is 3. The maximum Gasteiger partial charge on any atom is 0.222 e. The fraction of sp³-hybridized carbons (Fsp3) is 0.733. The zero-order chi connectivity index (χ0) is 14.5. The van der Waals surface area contributed by atoms with E-state index in [2.05, 4.69) is 20.2 Å². The van der Waals surface area contributed by atoms with Crippen LogP contribution in [0.15, 0.2) is 6.07 Å². The standard InChI is InChI=1S/C15H25N5O/c16-15-18-13(12-4-9-21-11-12)10-14(19-15)17-5-3-8-20-6-1-2-7-20/h10,12H,1-9,11H2,(H3,16,17,18,19). The second kappa shape index (κ2) is 7.04. The maximum absolute atomic E-state index is 5.82. The molecular weight excluding hydrogens is 266 g/mol. The van der Waals surface area contributed by atoms with E-state index < -0.39 is 0 Å². The Morgan fingerprint density at radius 3 is 2.95 bits per heavy atom. The smallest absolute Gasteiger partial charge is 0.222 e. The van der Waals surface area contributed by atoms with Gasteiger partial charge in [-0.05, 0) is 45.3 Å². The van der Waals surface area contributed by atoms with Crippen molar-refractivity contribution in [2.75, 3.05) is 50.4 Å². The first kappa shape index (κ1) is 14.5. The monoisotopic (exact) mass is 291 g/mol. The molecule has 1 atom stereocenters. The average Bonchev–Trinajstić information content (AvgIpc) is 3.16. The molecule has 2 fully saturated rings. The number of aromatic nitrogens is 2. The van der Waals surface area contributed by atoms with E-state index in [-0.39, 0.29) is 0 Å². The van der Waals surface area contributed by atoms with E-state index in [1.165, 1.54) is 25.9 Å². The topological polar surface area (TPSA) is 76.3 Å². The highest BCUT2D eigenvalue weighted by Crippen LogP contribution is 2.25. The predicted molar refractivity (Wildman–Crippen MR) is 83.4 cm³/mol. The van der Waals surface area contributed by atoms with Gasteiger partial charge in [-0.1, -0.05) is 0 Å². The Morgan fingerprint density at radius 2 is 2.19 bits per heavy atom. The summed E-state index contributed by atoms with van der Waals surface area (Å²) < 4.78 is 5.42. The number of hydrogen-bond acceptors (Lipinski definition) is 6. The molecule has 0 amide bonds. The molecule has 2 aliphatic heterocycles. The van der Waals surface area contributed by atoms with E-state index >= 15 is 0 Å². The zero-order valence-electron chi connectivity index (χ0n) is 12.6. The predicted octanol–water partition coefficient (Wildman–Crippen LogP) is 1.46. The molecule has 0 aromatic carbocycles. The fourth-order valence-corrected chi connectivity index (χ4v) is 3.08. The number of nitrogen functional groups attached to an aromatic ring is 1. The highest BCUT2D eigenvalue weighted by molar-refractivity contribution is 5.41. The first-order valence-corrected chi connectivity index (χ1v) is 8.00. The third-order valence-corrected chi connectivity index (χ3v) is 4.27. The summed E-state index contributed by atoms with van der Waals surface area (Å²) >= 11 is 0. The number of anilines is 2. The lowest BCUT2D eigenvalue weighted by molar-refractivity contribution is 0.193. The van der Waals surface area contributed by atoms with Gasteiger partial charge in [0.25, 0.3) is 0 Å². The van der Waals surface area contributed by atoms with Crippen molar-refractivity contribution in [1.29, 1.82) is 0 Å². The minimum absolute atomic E-state index is 0.349. The molecule has 21 heavy (non-hydrogen) atoms. The Hall–Kier alpha value is -1.40. The lowest BCUT2D eigenvalue weighted by Gasteiger charge is -2.15. The molecule has 6 nitrogen and oxygen atoms in total. The van der Waals surface area contributed by atoms with Crippen LogP contribution in [0.2, 0.25) is 0 Å². The van der Waals surface area contributed by atoms with Crippen LogP contribution < -0.4 is 11.1 Å². The fourth-order valence-electron chi connectivity index (χ4n) is 3.08. The van der Waals surface area contributed by atoms with Gasteiger partial charge >= 0.3 is 0 Å². The SMILES string of the molecule is Nc1nc(NCCCN2CCCC2)cc(C2CCOC2)n1. The molecule has 0 radical (unpaired) electrons. The number of rotatable bonds is 6. The van der Waals surface area contributed by atoms with Crippen LogP contribution in [0.1, 0.15) is 37.3 Å². The lowest BCUT2D eigenvalue weighted by atomic mass is 10.0. The van der Waals surface area contributed by atoms with Crippen molar-refractivity contribution in [3.05, 3.63) is 11.8 Å². The second-order valence-corrected chi connectivity index (χ2v) is 5.93. The van der Waals surface area contributed by atoms with Crippen LogP contribution in [0, 0.1) is 0 Å². The van der Waals surface area contributed by atoms with Gasteiger partial charge < -0.3 is 20.7 Å². The molecule has 1 aromatic heterocycles. The Labute approximate surface area is 126 Å². The zero-order valence-corrected chi connectivity index (χ0v) is 12.6. The van der Waals surface area contributed by atoms with E-state index in [4.69, 9.17) is 10.5 Å². The molecule has 3 N–H and O–H groups in total.